The maximum atomic E-state index is 6.22. The average molecular weight is 258 g/mol. The van der Waals surface area contributed by atoms with Crippen LogP contribution in [0.15, 0.2) is 29.0 Å². The van der Waals surface area contributed by atoms with E-state index in [4.69, 9.17) is 10.3 Å². The molecule has 0 bridgehead atoms. The van der Waals surface area contributed by atoms with E-state index in [-0.39, 0.29) is 6.04 Å². The van der Waals surface area contributed by atoms with Gasteiger partial charge < -0.3 is 10.3 Å². The SMILES string of the molecule is NC(Cc1nc(-c2cccnc2)no1)C1CCCC1. The van der Waals surface area contributed by atoms with Crippen molar-refractivity contribution in [2.75, 3.05) is 0 Å². The van der Waals surface area contributed by atoms with Crippen molar-refractivity contribution in [3.63, 3.8) is 0 Å². The molecule has 2 N–H and O–H groups in total. The lowest BCUT2D eigenvalue weighted by atomic mass is 9.96. The summed E-state index contributed by atoms with van der Waals surface area (Å²) in [5.41, 5.74) is 7.09. The van der Waals surface area contributed by atoms with Gasteiger partial charge in [0.1, 0.15) is 0 Å². The molecule has 2 aromatic rings. The Morgan fingerprint density at radius 2 is 2.21 bits per heavy atom. The predicted molar refractivity (Wildman–Crippen MR) is 71.2 cm³/mol. The minimum absolute atomic E-state index is 0.129. The molecule has 0 spiro atoms. The van der Waals surface area contributed by atoms with Gasteiger partial charge in [0, 0.05) is 30.4 Å². The molecule has 0 aromatic carbocycles. The van der Waals surface area contributed by atoms with E-state index in [0.717, 1.165) is 5.56 Å². The fraction of sp³-hybridized carbons (Fsp3) is 0.500. The Labute approximate surface area is 112 Å². The molecule has 3 rings (SSSR count). The van der Waals surface area contributed by atoms with Gasteiger partial charge in [0.15, 0.2) is 0 Å². The molecule has 0 radical (unpaired) electrons. The lowest BCUT2D eigenvalue weighted by Gasteiger charge is -2.16. The third-order valence-electron chi connectivity index (χ3n) is 3.80. The summed E-state index contributed by atoms with van der Waals surface area (Å²) >= 11 is 0. The number of hydrogen-bond acceptors (Lipinski definition) is 5. The van der Waals surface area contributed by atoms with Crippen LogP contribution < -0.4 is 5.73 Å². The molecule has 1 unspecified atom stereocenters. The molecule has 19 heavy (non-hydrogen) atoms. The molecule has 1 aliphatic carbocycles. The predicted octanol–water partition coefficient (Wildman–Crippen LogP) is 2.19. The zero-order valence-electron chi connectivity index (χ0n) is 10.8. The summed E-state index contributed by atoms with van der Waals surface area (Å²) in [5, 5.41) is 3.98. The Morgan fingerprint density at radius 3 is 2.95 bits per heavy atom. The van der Waals surface area contributed by atoms with Crippen LogP contribution in [0.25, 0.3) is 11.4 Å². The number of pyridine rings is 1. The van der Waals surface area contributed by atoms with Gasteiger partial charge >= 0.3 is 0 Å². The zero-order valence-corrected chi connectivity index (χ0v) is 10.8. The van der Waals surface area contributed by atoms with Gasteiger partial charge in [-0.05, 0) is 30.9 Å². The summed E-state index contributed by atoms with van der Waals surface area (Å²) in [4.78, 5) is 8.44. The Bertz CT molecular complexity index is 519. The van der Waals surface area contributed by atoms with Gasteiger partial charge in [0.25, 0.3) is 0 Å². The van der Waals surface area contributed by atoms with Gasteiger partial charge in [0.2, 0.25) is 11.7 Å². The van der Waals surface area contributed by atoms with Crippen LogP contribution in [0.1, 0.15) is 31.6 Å². The molecule has 2 aromatic heterocycles. The normalized spacial score (nSPS) is 17.7. The smallest absolute Gasteiger partial charge is 0.228 e. The molecule has 2 heterocycles. The quantitative estimate of drug-likeness (QED) is 0.909. The largest absolute Gasteiger partial charge is 0.339 e. The van der Waals surface area contributed by atoms with E-state index in [1.165, 1.54) is 25.7 Å². The minimum Gasteiger partial charge on any atom is -0.339 e. The highest BCUT2D eigenvalue weighted by atomic mass is 16.5. The van der Waals surface area contributed by atoms with Crippen molar-refractivity contribution in [1.82, 2.24) is 15.1 Å². The van der Waals surface area contributed by atoms with E-state index < -0.39 is 0 Å². The standard InChI is InChI=1S/C14H18N4O/c15-12(10-4-1-2-5-10)8-13-17-14(18-19-13)11-6-3-7-16-9-11/h3,6-7,9-10,12H,1-2,4-5,8,15H2. The monoisotopic (exact) mass is 258 g/mol. The van der Waals surface area contributed by atoms with Gasteiger partial charge in [-0.1, -0.05) is 18.0 Å². The molecule has 0 amide bonds. The second kappa shape index (κ2) is 5.48. The summed E-state index contributed by atoms with van der Waals surface area (Å²) < 4.78 is 5.28. The molecule has 100 valence electrons. The van der Waals surface area contributed by atoms with Crippen molar-refractivity contribution in [3.8, 4) is 11.4 Å². The average Bonchev–Trinajstić information content (AvgIpc) is 3.11. The van der Waals surface area contributed by atoms with Crippen LogP contribution in [0.2, 0.25) is 0 Å². The molecule has 1 atom stereocenters. The van der Waals surface area contributed by atoms with Crippen molar-refractivity contribution in [2.24, 2.45) is 11.7 Å². The molecule has 1 aliphatic rings. The molecule has 5 heteroatoms. The first-order valence-electron chi connectivity index (χ1n) is 6.81. The zero-order chi connectivity index (χ0) is 13.1. The number of nitrogens with two attached hydrogens (primary N) is 1. The summed E-state index contributed by atoms with van der Waals surface area (Å²) in [7, 11) is 0. The maximum absolute atomic E-state index is 6.22. The molecule has 1 saturated carbocycles. The van der Waals surface area contributed by atoms with Crippen molar-refractivity contribution in [2.45, 2.75) is 38.1 Å². The Hall–Kier alpha value is -1.75. The van der Waals surface area contributed by atoms with Crippen LogP contribution in [0.5, 0.6) is 0 Å². The topological polar surface area (TPSA) is 77.8 Å². The second-order valence-electron chi connectivity index (χ2n) is 5.17. The third kappa shape index (κ3) is 2.81. The third-order valence-corrected chi connectivity index (χ3v) is 3.80. The number of aromatic nitrogens is 3. The molecule has 1 fully saturated rings. The lowest BCUT2D eigenvalue weighted by molar-refractivity contribution is 0.341. The molecular weight excluding hydrogens is 240 g/mol. The Balaban J connectivity index is 1.68. The van der Waals surface area contributed by atoms with Gasteiger partial charge in [-0.3, -0.25) is 4.98 Å². The Kier molecular flexibility index (Phi) is 3.55. The van der Waals surface area contributed by atoms with E-state index in [1.54, 1.807) is 12.4 Å². The van der Waals surface area contributed by atoms with Crippen LogP contribution in [0.4, 0.5) is 0 Å². The highest BCUT2D eigenvalue weighted by molar-refractivity contribution is 5.51. The van der Waals surface area contributed by atoms with Gasteiger partial charge in [-0.2, -0.15) is 4.98 Å². The Morgan fingerprint density at radius 1 is 1.37 bits per heavy atom. The number of hydrogen-bond donors (Lipinski definition) is 1. The lowest BCUT2D eigenvalue weighted by Crippen LogP contribution is -2.30. The van der Waals surface area contributed by atoms with Crippen molar-refractivity contribution >= 4 is 0 Å². The fourth-order valence-electron chi connectivity index (χ4n) is 2.70. The highest BCUT2D eigenvalue weighted by Crippen LogP contribution is 2.28. The van der Waals surface area contributed by atoms with Crippen molar-refractivity contribution < 1.29 is 4.52 Å². The first kappa shape index (κ1) is 12.3. The van der Waals surface area contributed by atoms with E-state index in [9.17, 15) is 0 Å². The van der Waals surface area contributed by atoms with Gasteiger partial charge in [-0.15, -0.1) is 0 Å². The summed E-state index contributed by atoms with van der Waals surface area (Å²) in [6, 6.07) is 3.90. The van der Waals surface area contributed by atoms with E-state index in [0.29, 0.717) is 24.1 Å². The van der Waals surface area contributed by atoms with Crippen LogP contribution in [0.3, 0.4) is 0 Å². The van der Waals surface area contributed by atoms with Crippen molar-refractivity contribution in [1.29, 1.82) is 0 Å². The minimum atomic E-state index is 0.129. The van der Waals surface area contributed by atoms with Crippen LogP contribution in [-0.2, 0) is 6.42 Å². The number of rotatable bonds is 4. The fourth-order valence-corrected chi connectivity index (χ4v) is 2.70. The molecule has 5 nitrogen and oxygen atoms in total. The number of nitrogens with zero attached hydrogens (tertiary/aromatic N) is 3. The van der Waals surface area contributed by atoms with Gasteiger partial charge in [0.05, 0.1) is 0 Å². The van der Waals surface area contributed by atoms with Crippen LogP contribution in [0, 0.1) is 5.92 Å². The summed E-state index contributed by atoms with van der Waals surface area (Å²) in [5.74, 6) is 1.81. The molecule has 0 saturated heterocycles. The highest BCUT2D eigenvalue weighted by Gasteiger charge is 2.24. The van der Waals surface area contributed by atoms with Gasteiger partial charge in [-0.25, -0.2) is 0 Å². The first-order valence-corrected chi connectivity index (χ1v) is 6.81. The second-order valence-corrected chi connectivity index (χ2v) is 5.17. The van der Waals surface area contributed by atoms with Crippen LogP contribution >= 0.6 is 0 Å². The van der Waals surface area contributed by atoms with Crippen molar-refractivity contribution in [3.05, 3.63) is 30.4 Å². The van der Waals surface area contributed by atoms with Crippen LogP contribution in [-0.4, -0.2) is 21.2 Å². The molecular formula is C14H18N4O. The summed E-state index contributed by atoms with van der Waals surface area (Å²) in [6.45, 7) is 0. The first-order chi connectivity index (χ1) is 9.33. The van der Waals surface area contributed by atoms with E-state index >= 15 is 0 Å². The van der Waals surface area contributed by atoms with E-state index in [2.05, 4.69) is 15.1 Å². The summed E-state index contributed by atoms with van der Waals surface area (Å²) in [6.07, 6.45) is 9.16. The van der Waals surface area contributed by atoms with E-state index in [1.807, 2.05) is 12.1 Å². The maximum Gasteiger partial charge on any atom is 0.228 e. The molecule has 0 aliphatic heterocycles.